The van der Waals surface area contributed by atoms with Crippen LogP contribution in [0.25, 0.3) is 0 Å². The summed E-state index contributed by atoms with van der Waals surface area (Å²) in [5.74, 6) is 0. The number of primary sulfonamides is 1. The Morgan fingerprint density at radius 3 is 2.08 bits per heavy atom. The molecule has 0 spiro atoms. The van der Waals surface area contributed by atoms with Crippen LogP contribution < -0.4 is 5.14 Å². The minimum absolute atomic E-state index is 0.0858. The molecule has 3 nitrogen and oxygen atoms in total. The van der Waals surface area contributed by atoms with Crippen molar-refractivity contribution in [1.82, 2.24) is 0 Å². The highest BCUT2D eigenvalue weighted by molar-refractivity contribution is 7.93. The van der Waals surface area contributed by atoms with Crippen molar-refractivity contribution in [2.24, 2.45) is 5.14 Å². The number of hydrogen-bond acceptors (Lipinski definition) is 2. The summed E-state index contributed by atoms with van der Waals surface area (Å²) in [5.41, 5.74) is 0.350. The average molecular weight is 195 g/mol. The van der Waals surface area contributed by atoms with Gasteiger partial charge in [0.1, 0.15) is 7.85 Å². The third-order valence-electron chi connectivity index (χ3n) is 1.21. The van der Waals surface area contributed by atoms with Gasteiger partial charge in [-0.25, -0.2) is 13.6 Å². The molecule has 2 N–H and O–H groups in total. The van der Waals surface area contributed by atoms with Gasteiger partial charge in [-0.05, 0) is 12.2 Å². The summed E-state index contributed by atoms with van der Waals surface area (Å²) in [7, 11) is 1.64. The van der Waals surface area contributed by atoms with Gasteiger partial charge >= 0.3 is 0 Å². The second kappa shape index (κ2) is 4.84. The zero-order chi connectivity index (χ0) is 10.5. The van der Waals surface area contributed by atoms with E-state index in [4.69, 9.17) is 13.0 Å². The van der Waals surface area contributed by atoms with Gasteiger partial charge in [-0.15, -0.1) is 0 Å². The van der Waals surface area contributed by atoms with Gasteiger partial charge in [0.2, 0.25) is 10.0 Å². The van der Waals surface area contributed by atoms with Gasteiger partial charge in [0.15, 0.2) is 0 Å². The van der Waals surface area contributed by atoms with E-state index in [0.29, 0.717) is 5.47 Å². The molecule has 0 amide bonds. The Balaban J connectivity index is 5.02. The van der Waals surface area contributed by atoms with Crippen LogP contribution in [-0.4, -0.2) is 16.3 Å². The molecule has 0 aliphatic heterocycles. The highest BCUT2D eigenvalue weighted by atomic mass is 32.2. The molecule has 0 atom stereocenters. The lowest BCUT2D eigenvalue weighted by atomic mass is 9.96. The maximum atomic E-state index is 10.8. The van der Waals surface area contributed by atoms with E-state index in [-0.39, 0.29) is 4.91 Å². The molecule has 13 heavy (non-hydrogen) atoms. The highest BCUT2D eigenvalue weighted by Gasteiger charge is 2.05. The van der Waals surface area contributed by atoms with E-state index >= 15 is 0 Å². The Hall–Kier alpha value is -1.07. The molecular formula is C8H10BNO2S. The Morgan fingerprint density at radius 2 is 1.77 bits per heavy atom. The van der Waals surface area contributed by atoms with Crippen molar-refractivity contribution in [3.8, 4) is 0 Å². The Morgan fingerprint density at radius 1 is 1.23 bits per heavy atom. The molecule has 0 aromatic heterocycles. The lowest BCUT2D eigenvalue weighted by molar-refractivity contribution is 0.604. The van der Waals surface area contributed by atoms with Crippen molar-refractivity contribution in [3.05, 3.63) is 47.8 Å². The van der Waals surface area contributed by atoms with Crippen LogP contribution in [0, 0.1) is 0 Å². The Bertz CT molecular complexity index is 366. The lowest BCUT2D eigenvalue weighted by Gasteiger charge is -1.95. The molecule has 0 fully saturated rings. The molecule has 0 aromatic rings. The number of nitrogens with two attached hydrogens (primary N) is 1. The van der Waals surface area contributed by atoms with E-state index in [1.54, 1.807) is 0 Å². The van der Waals surface area contributed by atoms with Crippen molar-refractivity contribution >= 4 is 17.9 Å². The number of hydrogen-bond donors (Lipinski definition) is 1. The molecule has 0 bridgehead atoms. The third kappa shape index (κ3) is 4.50. The minimum Gasteiger partial charge on any atom is -0.225 e. The first-order valence-corrected chi connectivity index (χ1v) is 4.91. The third-order valence-corrected chi connectivity index (χ3v) is 2.17. The van der Waals surface area contributed by atoms with Crippen LogP contribution in [0.4, 0.5) is 0 Å². The van der Waals surface area contributed by atoms with Crippen LogP contribution in [0.2, 0.25) is 0 Å². The van der Waals surface area contributed by atoms with E-state index in [0.717, 1.165) is 6.08 Å². The lowest BCUT2D eigenvalue weighted by Crippen LogP contribution is -2.12. The minimum atomic E-state index is -3.71. The quantitative estimate of drug-likeness (QED) is 0.526. The fraction of sp³-hybridized carbons (Fsp3) is 0. The molecule has 0 aliphatic rings. The summed E-state index contributed by atoms with van der Waals surface area (Å²) in [6, 6.07) is 0. The van der Waals surface area contributed by atoms with Gasteiger partial charge in [-0.3, -0.25) is 0 Å². The van der Waals surface area contributed by atoms with E-state index in [9.17, 15) is 8.42 Å². The normalized spacial score (nSPS) is 13.9. The summed E-state index contributed by atoms with van der Waals surface area (Å²) in [6.45, 7) is 6.71. The van der Waals surface area contributed by atoms with Crippen molar-refractivity contribution in [2.45, 2.75) is 0 Å². The van der Waals surface area contributed by atoms with Gasteiger partial charge < -0.3 is 0 Å². The number of sulfonamides is 1. The van der Waals surface area contributed by atoms with Gasteiger partial charge in [0, 0.05) is 0 Å². The van der Waals surface area contributed by atoms with Crippen LogP contribution in [-0.2, 0) is 10.0 Å². The Kier molecular flexibility index (Phi) is 4.44. The predicted molar refractivity (Wildman–Crippen MR) is 55.4 cm³/mol. The molecule has 5 heteroatoms. The maximum Gasteiger partial charge on any atom is 0.238 e. The molecule has 2 radical (unpaired) electrons. The van der Waals surface area contributed by atoms with Crippen molar-refractivity contribution < 1.29 is 8.42 Å². The Labute approximate surface area is 79.8 Å². The van der Waals surface area contributed by atoms with Crippen LogP contribution >= 0.6 is 0 Å². The summed E-state index contributed by atoms with van der Waals surface area (Å²) in [6.07, 6.45) is 5.18. The summed E-state index contributed by atoms with van der Waals surface area (Å²) < 4.78 is 21.6. The molecular weight excluding hydrogens is 185 g/mol. The topological polar surface area (TPSA) is 60.2 Å². The van der Waals surface area contributed by atoms with Crippen LogP contribution in [0.3, 0.4) is 0 Å². The van der Waals surface area contributed by atoms with Crippen LogP contribution in [0.15, 0.2) is 47.8 Å². The second-order valence-electron chi connectivity index (χ2n) is 2.19. The molecule has 0 aromatic carbocycles. The second-order valence-corrected chi connectivity index (χ2v) is 3.75. The summed E-state index contributed by atoms with van der Waals surface area (Å²) in [5, 5.41) is 4.85. The van der Waals surface area contributed by atoms with Gasteiger partial charge in [0.05, 0.1) is 4.91 Å². The fourth-order valence-electron chi connectivity index (χ4n) is 0.525. The van der Waals surface area contributed by atoms with E-state index < -0.39 is 10.0 Å². The summed E-state index contributed by atoms with van der Waals surface area (Å²) >= 11 is 0. The zero-order valence-corrected chi connectivity index (χ0v) is 7.92. The first kappa shape index (κ1) is 11.9. The maximum absolute atomic E-state index is 10.8. The number of allylic oxidation sites excluding steroid dienone is 5. The smallest absolute Gasteiger partial charge is 0.225 e. The monoisotopic (exact) mass is 195 g/mol. The fourth-order valence-corrected chi connectivity index (χ4v) is 1.02. The molecule has 0 saturated carbocycles. The van der Waals surface area contributed by atoms with Crippen LogP contribution in [0.1, 0.15) is 0 Å². The van der Waals surface area contributed by atoms with Crippen molar-refractivity contribution in [1.29, 1.82) is 0 Å². The largest absolute Gasteiger partial charge is 0.238 e. The van der Waals surface area contributed by atoms with E-state index in [1.807, 2.05) is 0 Å². The SMILES string of the molecule is [B]/C(C=C)=C/C=C(\C=C)S(N)(=O)=O. The molecule has 0 rings (SSSR count). The van der Waals surface area contributed by atoms with E-state index in [1.165, 1.54) is 18.2 Å². The van der Waals surface area contributed by atoms with Crippen molar-refractivity contribution in [2.75, 3.05) is 0 Å². The standard InChI is InChI=1S/C8H10BNO2S/c1-3-7(9)5-6-8(4-2)13(10,11)12/h3-6H,1-2H2,(H2,10,11,12)/b7-5+,8-6+. The van der Waals surface area contributed by atoms with Gasteiger partial charge in [0.25, 0.3) is 0 Å². The van der Waals surface area contributed by atoms with E-state index in [2.05, 4.69) is 13.2 Å². The van der Waals surface area contributed by atoms with Gasteiger partial charge in [-0.1, -0.05) is 30.8 Å². The summed E-state index contributed by atoms with van der Waals surface area (Å²) in [4.78, 5) is -0.0858. The highest BCUT2D eigenvalue weighted by Crippen LogP contribution is 2.03. The average Bonchev–Trinajstić information content (AvgIpc) is 2.02. The van der Waals surface area contributed by atoms with Crippen molar-refractivity contribution in [3.63, 3.8) is 0 Å². The molecule has 0 unspecified atom stereocenters. The molecule has 0 heterocycles. The zero-order valence-electron chi connectivity index (χ0n) is 7.10. The molecule has 0 saturated heterocycles. The first-order valence-electron chi connectivity index (χ1n) is 3.37. The first-order chi connectivity index (χ1) is 5.91. The molecule has 68 valence electrons. The predicted octanol–water partition coefficient (Wildman–Crippen LogP) is 0.583. The van der Waals surface area contributed by atoms with Gasteiger partial charge in [-0.2, -0.15) is 0 Å². The number of rotatable bonds is 4. The van der Waals surface area contributed by atoms with Crippen LogP contribution in [0.5, 0.6) is 0 Å². The molecule has 0 aliphatic carbocycles.